The molecule has 1 fully saturated rings. The first-order valence-electron chi connectivity index (χ1n) is 7.17. The molecule has 19 heavy (non-hydrogen) atoms. The van der Waals surface area contributed by atoms with Crippen molar-refractivity contribution in [1.29, 1.82) is 0 Å². The number of halogens is 1. The second-order valence-electron chi connectivity index (χ2n) is 6.13. The normalized spacial score (nSPS) is 29.0. The van der Waals surface area contributed by atoms with Gasteiger partial charge in [0.15, 0.2) is 0 Å². The molecule has 3 atom stereocenters. The largest absolute Gasteiger partial charge is 0.490 e. The Morgan fingerprint density at radius 1 is 1.21 bits per heavy atom. The molecule has 3 heteroatoms. The Hall–Kier alpha value is -1.09. The summed E-state index contributed by atoms with van der Waals surface area (Å²) in [5.74, 6) is 1.86. The molecule has 1 aromatic carbocycles. The number of hydrogen-bond acceptors (Lipinski definition) is 2. The van der Waals surface area contributed by atoms with Crippen LogP contribution in [0.5, 0.6) is 5.75 Å². The van der Waals surface area contributed by atoms with Crippen LogP contribution in [0.4, 0.5) is 4.39 Å². The number of benzene rings is 1. The third-order valence-electron chi connectivity index (χ3n) is 3.89. The van der Waals surface area contributed by atoms with Crippen LogP contribution >= 0.6 is 0 Å². The van der Waals surface area contributed by atoms with E-state index in [1.807, 2.05) is 6.92 Å². The zero-order valence-electron chi connectivity index (χ0n) is 12.0. The number of hydrogen-bond donors (Lipinski definition) is 1. The van der Waals surface area contributed by atoms with E-state index in [2.05, 4.69) is 13.8 Å². The quantitative estimate of drug-likeness (QED) is 0.895. The summed E-state index contributed by atoms with van der Waals surface area (Å²) in [7, 11) is 0. The molecule has 1 aliphatic carbocycles. The van der Waals surface area contributed by atoms with Crippen molar-refractivity contribution >= 4 is 0 Å². The van der Waals surface area contributed by atoms with Gasteiger partial charge in [0.05, 0.1) is 6.10 Å². The van der Waals surface area contributed by atoms with Crippen LogP contribution in [-0.2, 0) is 0 Å². The van der Waals surface area contributed by atoms with E-state index in [1.54, 1.807) is 6.07 Å². The third-order valence-corrected chi connectivity index (χ3v) is 3.89. The summed E-state index contributed by atoms with van der Waals surface area (Å²) in [6.07, 6.45) is 3.63. The molecule has 0 aliphatic heterocycles. The fraction of sp³-hybridized carbons (Fsp3) is 0.625. The Bertz CT molecular complexity index is 423. The second-order valence-corrected chi connectivity index (χ2v) is 6.13. The van der Waals surface area contributed by atoms with E-state index >= 15 is 0 Å². The molecule has 1 aromatic rings. The van der Waals surface area contributed by atoms with E-state index in [9.17, 15) is 4.39 Å². The molecule has 0 spiro atoms. The van der Waals surface area contributed by atoms with Crippen LogP contribution in [0.25, 0.3) is 0 Å². The van der Waals surface area contributed by atoms with Crippen LogP contribution in [0.2, 0.25) is 0 Å². The van der Waals surface area contributed by atoms with Crippen LogP contribution in [0, 0.1) is 17.7 Å². The molecule has 0 bridgehead atoms. The molecule has 1 aliphatic rings. The van der Waals surface area contributed by atoms with Crippen LogP contribution in [-0.4, -0.2) is 6.10 Å². The van der Waals surface area contributed by atoms with Gasteiger partial charge < -0.3 is 10.5 Å². The van der Waals surface area contributed by atoms with Crippen LogP contribution in [0.3, 0.4) is 0 Å². The summed E-state index contributed by atoms with van der Waals surface area (Å²) in [6, 6.07) is 4.41. The van der Waals surface area contributed by atoms with E-state index < -0.39 is 0 Å². The topological polar surface area (TPSA) is 35.2 Å². The van der Waals surface area contributed by atoms with Gasteiger partial charge in [0.1, 0.15) is 11.6 Å². The minimum absolute atomic E-state index is 0.218. The third kappa shape index (κ3) is 3.69. The SMILES string of the molecule is CC1CC(C)CC(Oc2ccc(F)cc2C(C)N)C1. The molecule has 0 heterocycles. The Morgan fingerprint density at radius 2 is 1.84 bits per heavy atom. The maximum absolute atomic E-state index is 13.3. The first kappa shape index (κ1) is 14.3. The van der Waals surface area contributed by atoms with Gasteiger partial charge in [-0.2, -0.15) is 0 Å². The molecular formula is C16H24FNO. The molecule has 106 valence electrons. The van der Waals surface area contributed by atoms with Crippen LogP contribution < -0.4 is 10.5 Å². The highest BCUT2D eigenvalue weighted by molar-refractivity contribution is 5.36. The lowest BCUT2D eigenvalue weighted by molar-refractivity contribution is 0.0997. The Labute approximate surface area is 115 Å². The monoisotopic (exact) mass is 265 g/mol. The summed E-state index contributed by atoms with van der Waals surface area (Å²) >= 11 is 0. The lowest BCUT2D eigenvalue weighted by Gasteiger charge is -2.32. The van der Waals surface area contributed by atoms with E-state index in [-0.39, 0.29) is 18.0 Å². The fourth-order valence-corrected chi connectivity index (χ4v) is 3.13. The van der Waals surface area contributed by atoms with Crippen LogP contribution in [0.1, 0.15) is 51.6 Å². The van der Waals surface area contributed by atoms with E-state index in [1.165, 1.54) is 18.6 Å². The fourth-order valence-electron chi connectivity index (χ4n) is 3.13. The number of rotatable bonds is 3. The van der Waals surface area contributed by atoms with Gasteiger partial charge in [-0.25, -0.2) is 4.39 Å². The van der Waals surface area contributed by atoms with E-state index in [0.717, 1.165) is 24.2 Å². The van der Waals surface area contributed by atoms with Crippen molar-refractivity contribution in [3.05, 3.63) is 29.6 Å². The maximum Gasteiger partial charge on any atom is 0.124 e. The van der Waals surface area contributed by atoms with Gasteiger partial charge in [-0.3, -0.25) is 0 Å². The van der Waals surface area contributed by atoms with E-state index in [4.69, 9.17) is 10.5 Å². The molecular weight excluding hydrogens is 241 g/mol. The lowest BCUT2D eigenvalue weighted by Crippen LogP contribution is -2.29. The second kappa shape index (κ2) is 5.91. The molecule has 2 rings (SSSR count). The van der Waals surface area contributed by atoms with Crippen molar-refractivity contribution in [2.75, 3.05) is 0 Å². The van der Waals surface area contributed by atoms with Gasteiger partial charge in [-0.15, -0.1) is 0 Å². The zero-order valence-corrected chi connectivity index (χ0v) is 12.0. The van der Waals surface area contributed by atoms with Crippen molar-refractivity contribution in [3.8, 4) is 5.75 Å². The smallest absolute Gasteiger partial charge is 0.124 e. The molecule has 3 unspecified atom stereocenters. The zero-order chi connectivity index (χ0) is 14.0. The van der Waals surface area contributed by atoms with Crippen molar-refractivity contribution in [2.45, 2.75) is 52.2 Å². The predicted octanol–water partition coefficient (Wildman–Crippen LogP) is 4.05. The minimum Gasteiger partial charge on any atom is -0.490 e. The maximum atomic E-state index is 13.3. The van der Waals surface area contributed by atoms with Crippen molar-refractivity contribution in [2.24, 2.45) is 17.6 Å². The molecule has 1 saturated carbocycles. The highest BCUT2D eigenvalue weighted by Crippen LogP contribution is 2.33. The van der Waals surface area contributed by atoms with Gasteiger partial charge in [-0.05, 0) is 56.2 Å². The number of ether oxygens (including phenoxy) is 1. The van der Waals surface area contributed by atoms with Gasteiger partial charge in [-0.1, -0.05) is 13.8 Å². The Kier molecular flexibility index (Phi) is 4.46. The minimum atomic E-state index is -0.259. The van der Waals surface area contributed by atoms with Crippen molar-refractivity contribution in [3.63, 3.8) is 0 Å². The van der Waals surface area contributed by atoms with Gasteiger partial charge in [0, 0.05) is 11.6 Å². The lowest BCUT2D eigenvalue weighted by atomic mass is 9.82. The first-order chi connectivity index (χ1) is 8.95. The summed E-state index contributed by atoms with van der Waals surface area (Å²) in [4.78, 5) is 0. The highest BCUT2D eigenvalue weighted by atomic mass is 19.1. The Balaban J connectivity index is 2.14. The molecule has 2 nitrogen and oxygen atoms in total. The molecule has 0 radical (unpaired) electrons. The number of nitrogens with two attached hydrogens (primary N) is 1. The van der Waals surface area contributed by atoms with Crippen molar-refractivity contribution in [1.82, 2.24) is 0 Å². The summed E-state index contributed by atoms with van der Waals surface area (Å²) in [5, 5.41) is 0. The Morgan fingerprint density at radius 3 is 2.42 bits per heavy atom. The first-order valence-corrected chi connectivity index (χ1v) is 7.17. The van der Waals surface area contributed by atoms with E-state index in [0.29, 0.717) is 11.8 Å². The van der Waals surface area contributed by atoms with Gasteiger partial charge >= 0.3 is 0 Å². The van der Waals surface area contributed by atoms with Crippen LogP contribution in [0.15, 0.2) is 18.2 Å². The molecule has 2 N–H and O–H groups in total. The molecule has 0 aromatic heterocycles. The summed E-state index contributed by atoms with van der Waals surface area (Å²) < 4.78 is 19.4. The highest BCUT2D eigenvalue weighted by Gasteiger charge is 2.26. The van der Waals surface area contributed by atoms with Gasteiger partial charge in [0.2, 0.25) is 0 Å². The summed E-state index contributed by atoms with van der Waals surface area (Å²) in [5.41, 5.74) is 6.65. The molecule has 0 amide bonds. The molecule has 0 saturated heterocycles. The van der Waals surface area contributed by atoms with Gasteiger partial charge in [0.25, 0.3) is 0 Å². The van der Waals surface area contributed by atoms with Crippen molar-refractivity contribution < 1.29 is 9.13 Å². The standard InChI is InChI=1S/C16H24FNO/c1-10-6-11(2)8-14(7-10)19-16-5-4-13(17)9-15(16)12(3)18/h4-5,9-12,14H,6-8,18H2,1-3H3. The average Bonchev–Trinajstić information content (AvgIpc) is 2.30. The predicted molar refractivity (Wildman–Crippen MR) is 75.6 cm³/mol. The average molecular weight is 265 g/mol. The summed E-state index contributed by atoms with van der Waals surface area (Å²) in [6.45, 7) is 6.39.